The van der Waals surface area contributed by atoms with Crippen LogP contribution in [-0.2, 0) is 9.59 Å². The molecule has 0 aliphatic carbocycles. The van der Waals surface area contributed by atoms with Gasteiger partial charge in [0.2, 0.25) is 0 Å². The van der Waals surface area contributed by atoms with Gasteiger partial charge >= 0.3 is 0 Å². The number of methoxy groups -OCH3 is 1. The van der Waals surface area contributed by atoms with Gasteiger partial charge in [-0.25, -0.2) is 4.39 Å². The quantitative estimate of drug-likeness (QED) is 0.224. The van der Waals surface area contributed by atoms with Gasteiger partial charge in [-0.05, 0) is 69.2 Å². The van der Waals surface area contributed by atoms with E-state index in [1.54, 1.807) is 42.5 Å². The van der Waals surface area contributed by atoms with Crippen LogP contribution in [0.5, 0.6) is 5.75 Å². The van der Waals surface area contributed by atoms with Crippen LogP contribution in [0.4, 0.5) is 4.39 Å². The Balaban J connectivity index is 1.92. The van der Waals surface area contributed by atoms with E-state index in [0.717, 1.165) is 45.3 Å². The first-order valence-electron chi connectivity index (χ1n) is 12.8. The monoisotopic (exact) mass is 496 g/mol. The smallest absolute Gasteiger partial charge is 0.295 e. The van der Waals surface area contributed by atoms with E-state index in [-0.39, 0.29) is 23.4 Å². The van der Waals surface area contributed by atoms with Gasteiger partial charge in [-0.3, -0.25) is 9.59 Å². The van der Waals surface area contributed by atoms with E-state index in [4.69, 9.17) is 4.74 Å². The molecule has 0 aromatic heterocycles. The second-order valence-electron chi connectivity index (χ2n) is 9.14. The maximum absolute atomic E-state index is 15.0. The average Bonchev–Trinajstić information content (AvgIpc) is 3.14. The lowest BCUT2D eigenvalue weighted by Crippen LogP contribution is -2.34. The highest BCUT2D eigenvalue weighted by Gasteiger charge is 2.46. The number of carbonyl (C=O) groups is 2. The summed E-state index contributed by atoms with van der Waals surface area (Å²) >= 11 is 0. The minimum absolute atomic E-state index is 0.0934. The number of carbonyl (C=O) groups excluding carboxylic acids is 2. The normalized spacial score (nSPS) is 17.2. The molecule has 1 fully saturated rings. The van der Waals surface area contributed by atoms with Crippen LogP contribution in [0.25, 0.3) is 5.76 Å². The summed E-state index contributed by atoms with van der Waals surface area (Å²) in [4.78, 5) is 30.1. The molecule has 1 atom stereocenters. The Bertz CT molecular complexity index is 1060. The summed E-state index contributed by atoms with van der Waals surface area (Å²) in [5.74, 6) is -1.77. The minimum atomic E-state index is -0.993. The SMILES string of the molecule is CCCCN(CCCC)CCCN1C(=O)C(=O)C(=C(O)c2ccc(OC)cc2)[C@@H]1c1ccccc1F. The molecule has 0 saturated carbocycles. The summed E-state index contributed by atoms with van der Waals surface area (Å²) in [6.07, 6.45) is 5.07. The highest BCUT2D eigenvalue weighted by molar-refractivity contribution is 6.46. The number of nitrogens with zero attached hydrogens (tertiary/aromatic N) is 2. The van der Waals surface area contributed by atoms with Crippen molar-refractivity contribution in [1.29, 1.82) is 0 Å². The lowest BCUT2D eigenvalue weighted by molar-refractivity contribution is -0.140. The van der Waals surface area contributed by atoms with Gasteiger partial charge < -0.3 is 19.6 Å². The Morgan fingerprint density at radius 3 is 2.17 bits per heavy atom. The van der Waals surface area contributed by atoms with Crippen LogP contribution in [0, 0.1) is 5.82 Å². The first kappa shape index (κ1) is 27.4. The fourth-order valence-electron chi connectivity index (χ4n) is 4.60. The largest absolute Gasteiger partial charge is 0.507 e. The van der Waals surface area contributed by atoms with Gasteiger partial charge in [0, 0.05) is 17.7 Å². The van der Waals surface area contributed by atoms with Crippen molar-refractivity contribution >= 4 is 17.4 Å². The van der Waals surface area contributed by atoms with Gasteiger partial charge in [0.1, 0.15) is 17.3 Å². The summed E-state index contributed by atoms with van der Waals surface area (Å²) in [5.41, 5.74) is 0.463. The lowest BCUT2D eigenvalue weighted by atomic mass is 9.95. The fourth-order valence-corrected chi connectivity index (χ4v) is 4.60. The second kappa shape index (κ2) is 13.2. The zero-order valence-electron chi connectivity index (χ0n) is 21.5. The van der Waals surface area contributed by atoms with Crippen molar-refractivity contribution in [2.24, 2.45) is 0 Å². The van der Waals surface area contributed by atoms with Gasteiger partial charge in [0.15, 0.2) is 0 Å². The van der Waals surface area contributed by atoms with E-state index in [0.29, 0.717) is 17.7 Å². The van der Waals surface area contributed by atoms with E-state index in [1.165, 1.54) is 18.1 Å². The first-order chi connectivity index (χ1) is 17.4. The molecule has 6 nitrogen and oxygen atoms in total. The van der Waals surface area contributed by atoms with Gasteiger partial charge in [0.25, 0.3) is 11.7 Å². The number of likely N-dealkylation sites (tertiary alicyclic amines) is 1. The Morgan fingerprint density at radius 1 is 0.972 bits per heavy atom. The number of rotatable bonds is 13. The van der Waals surface area contributed by atoms with E-state index in [2.05, 4.69) is 18.7 Å². The van der Waals surface area contributed by atoms with Crippen molar-refractivity contribution < 1.29 is 23.8 Å². The van der Waals surface area contributed by atoms with E-state index >= 15 is 0 Å². The van der Waals surface area contributed by atoms with Crippen LogP contribution in [0.2, 0.25) is 0 Å². The molecule has 1 N–H and O–H groups in total. The molecule has 0 radical (unpaired) electrons. The molecule has 7 heteroatoms. The van der Waals surface area contributed by atoms with Crippen molar-refractivity contribution in [3.8, 4) is 5.75 Å². The van der Waals surface area contributed by atoms with E-state index in [1.807, 2.05) is 0 Å². The summed E-state index contributed by atoms with van der Waals surface area (Å²) in [7, 11) is 1.53. The number of amides is 1. The maximum Gasteiger partial charge on any atom is 0.295 e. The Kier molecular flexibility index (Phi) is 10.1. The third-order valence-electron chi connectivity index (χ3n) is 6.63. The van der Waals surface area contributed by atoms with Crippen LogP contribution < -0.4 is 4.74 Å². The third-order valence-corrected chi connectivity index (χ3v) is 6.63. The molecule has 0 bridgehead atoms. The number of ketones is 1. The lowest BCUT2D eigenvalue weighted by Gasteiger charge is -2.27. The molecule has 1 amide bonds. The Hall–Kier alpha value is -3.19. The number of Topliss-reactive ketones (excluding diaryl/α,β-unsaturated/α-hetero) is 1. The topological polar surface area (TPSA) is 70.1 Å². The third kappa shape index (κ3) is 6.32. The molecule has 0 spiro atoms. The van der Waals surface area contributed by atoms with Gasteiger partial charge in [-0.2, -0.15) is 0 Å². The second-order valence-corrected chi connectivity index (χ2v) is 9.14. The first-order valence-corrected chi connectivity index (χ1v) is 12.8. The molecule has 1 aliphatic heterocycles. The molecule has 1 heterocycles. The molecule has 36 heavy (non-hydrogen) atoms. The van der Waals surface area contributed by atoms with Crippen LogP contribution in [0.3, 0.4) is 0 Å². The van der Waals surface area contributed by atoms with Crippen molar-refractivity contribution in [2.45, 2.75) is 52.0 Å². The standard InChI is InChI=1S/C29H37FN2O4/c1-4-6-17-31(18-7-5-2)19-10-20-32-26(23-11-8-9-12-24(23)30)25(28(34)29(32)35)27(33)21-13-15-22(36-3)16-14-21/h8-9,11-16,26,33H,4-7,10,17-20H2,1-3H3/t26-/m0/s1. The molecule has 194 valence electrons. The molecular weight excluding hydrogens is 459 g/mol. The summed E-state index contributed by atoms with van der Waals surface area (Å²) in [5, 5.41) is 11.1. The summed E-state index contributed by atoms with van der Waals surface area (Å²) in [6.45, 7) is 7.37. The molecule has 1 aliphatic rings. The number of ether oxygens (including phenoxy) is 1. The Labute approximate surface area is 213 Å². The number of hydrogen-bond acceptors (Lipinski definition) is 5. The molecule has 1 saturated heterocycles. The predicted octanol–water partition coefficient (Wildman–Crippen LogP) is 5.55. The highest BCUT2D eigenvalue weighted by Crippen LogP contribution is 2.40. The number of aliphatic hydroxyl groups excluding tert-OH is 1. The predicted molar refractivity (Wildman–Crippen MR) is 139 cm³/mol. The van der Waals surface area contributed by atoms with Crippen LogP contribution in [0.15, 0.2) is 54.1 Å². The number of unbranched alkanes of at least 4 members (excludes halogenated alkanes) is 2. The summed E-state index contributed by atoms with van der Waals surface area (Å²) in [6, 6.07) is 11.6. The van der Waals surface area contributed by atoms with Crippen LogP contribution >= 0.6 is 0 Å². The molecule has 0 unspecified atom stereocenters. The molecule has 3 rings (SSSR count). The van der Waals surface area contributed by atoms with E-state index in [9.17, 15) is 19.1 Å². The van der Waals surface area contributed by atoms with Crippen molar-refractivity contribution in [3.05, 3.63) is 71.0 Å². The zero-order valence-corrected chi connectivity index (χ0v) is 21.5. The zero-order chi connectivity index (χ0) is 26.1. The maximum atomic E-state index is 15.0. The average molecular weight is 497 g/mol. The molecular formula is C29H37FN2O4. The molecule has 2 aromatic carbocycles. The number of benzene rings is 2. The van der Waals surface area contributed by atoms with Gasteiger partial charge in [-0.15, -0.1) is 0 Å². The highest BCUT2D eigenvalue weighted by atomic mass is 19.1. The fraction of sp³-hybridized carbons (Fsp3) is 0.448. The van der Waals surface area contributed by atoms with Crippen molar-refractivity contribution in [3.63, 3.8) is 0 Å². The van der Waals surface area contributed by atoms with Crippen molar-refractivity contribution in [1.82, 2.24) is 9.80 Å². The number of halogens is 1. The van der Waals surface area contributed by atoms with Crippen LogP contribution in [0.1, 0.15) is 63.1 Å². The minimum Gasteiger partial charge on any atom is -0.507 e. The van der Waals surface area contributed by atoms with Crippen molar-refractivity contribution in [2.75, 3.05) is 33.3 Å². The number of hydrogen-bond donors (Lipinski definition) is 1. The Morgan fingerprint density at radius 2 is 1.58 bits per heavy atom. The van der Waals surface area contributed by atoms with Gasteiger partial charge in [0.05, 0.1) is 18.7 Å². The number of aliphatic hydroxyl groups is 1. The van der Waals surface area contributed by atoms with Gasteiger partial charge in [-0.1, -0.05) is 44.9 Å². The molecule has 2 aromatic rings. The summed E-state index contributed by atoms with van der Waals surface area (Å²) < 4.78 is 20.1. The van der Waals surface area contributed by atoms with E-state index < -0.39 is 23.5 Å². The van der Waals surface area contributed by atoms with Crippen LogP contribution in [-0.4, -0.2) is 59.9 Å².